The molecule has 1 unspecified atom stereocenters. The molecule has 4 nitrogen and oxygen atoms in total. The summed E-state index contributed by atoms with van der Waals surface area (Å²) in [6, 6.07) is 8.14. The van der Waals surface area contributed by atoms with Crippen LogP contribution in [-0.4, -0.2) is 36.0 Å². The summed E-state index contributed by atoms with van der Waals surface area (Å²) in [6.45, 7) is 9.40. The van der Waals surface area contributed by atoms with Gasteiger partial charge in [0, 0.05) is 0 Å². The topological polar surface area (TPSA) is 55.6 Å². The van der Waals surface area contributed by atoms with Crippen LogP contribution in [0.15, 0.2) is 24.3 Å². The summed E-state index contributed by atoms with van der Waals surface area (Å²) in [5.41, 5.74) is 5.71. The number of hydrogen-bond donors (Lipinski definition) is 1. The van der Waals surface area contributed by atoms with Crippen molar-refractivity contribution in [1.29, 1.82) is 0 Å². The second-order valence-corrected chi connectivity index (χ2v) is 7.70. The summed E-state index contributed by atoms with van der Waals surface area (Å²) in [4.78, 5) is 14.1. The van der Waals surface area contributed by atoms with E-state index >= 15 is 0 Å². The van der Waals surface area contributed by atoms with Crippen LogP contribution in [0, 0.1) is 0 Å². The van der Waals surface area contributed by atoms with Gasteiger partial charge in [0.1, 0.15) is 5.75 Å². The lowest BCUT2D eigenvalue weighted by Crippen LogP contribution is -2.43. The molecule has 0 spiro atoms. The molecule has 1 aromatic rings. The molecule has 0 bridgehead atoms. The summed E-state index contributed by atoms with van der Waals surface area (Å²) in [7, 11) is 0. The molecular formula is C21H34N2O2. The minimum atomic E-state index is -0.991. The molecular weight excluding hydrogens is 312 g/mol. The average Bonchev–Trinajstić information content (AvgIpc) is 2.59. The maximum absolute atomic E-state index is 11.5. The minimum Gasteiger partial charge on any atom is -0.478 e. The van der Waals surface area contributed by atoms with Gasteiger partial charge in [-0.05, 0) is 89.2 Å². The van der Waals surface area contributed by atoms with Crippen LogP contribution in [0.4, 0.5) is 0 Å². The molecule has 0 aromatic heterocycles. The quantitative estimate of drug-likeness (QED) is 0.733. The van der Waals surface area contributed by atoms with E-state index in [1.165, 1.54) is 57.3 Å². The van der Waals surface area contributed by atoms with Crippen molar-refractivity contribution < 1.29 is 9.53 Å². The van der Waals surface area contributed by atoms with Gasteiger partial charge in [0.25, 0.3) is 5.91 Å². The highest BCUT2D eigenvalue weighted by Gasteiger charge is 2.27. The van der Waals surface area contributed by atoms with Gasteiger partial charge in [-0.2, -0.15) is 0 Å². The van der Waals surface area contributed by atoms with E-state index < -0.39 is 11.5 Å². The van der Waals surface area contributed by atoms with Crippen molar-refractivity contribution in [3.8, 4) is 5.75 Å². The third-order valence-corrected chi connectivity index (χ3v) is 5.26. The fourth-order valence-corrected chi connectivity index (χ4v) is 3.53. The second-order valence-electron chi connectivity index (χ2n) is 7.70. The largest absolute Gasteiger partial charge is 0.478 e. The fourth-order valence-electron chi connectivity index (χ4n) is 3.53. The number of carbonyl (C=O) groups excluding carboxylic acids is 1. The van der Waals surface area contributed by atoms with Gasteiger partial charge < -0.3 is 15.4 Å². The van der Waals surface area contributed by atoms with Crippen LogP contribution in [0.1, 0.15) is 70.8 Å². The van der Waals surface area contributed by atoms with Gasteiger partial charge in [-0.25, -0.2) is 0 Å². The third kappa shape index (κ3) is 6.03. The van der Waals surface area contributed by atoms with Gasteiger partial charge in [0.15, 0.2) is 5.60 Å². The smallest absolute Gasteiger partial charge is 0.261 e. The van der Waals surface area contributed by atoms with Crippen LogP contribution in [0.2, 0.25) is 0 Å². The molecule has 1 heterocycles. The number of nitrogens with two attached hydrogens (primary N) is 1. The van der Waals surface area contributed by atoms with E-state index in [-0.39, 0.29) is 0 Å². The average molecular weight is 347 g/mol. The first kappa shape index (κ1) is 19.8. The fraction of sp³-hybridized carbons (Fsp3) is 0.667. The summed E-state index contributed by atoms with van der Waals surface area (Å²) >= 11 is 0. The van der Waals surface area contributed by atoms with Crippen LogP contribution in [0.3, 0.4) is 0 Å². The van der Waals surface area contributed by atoms with Crippen LogP contribution < -0.4 is 10.5 Å². The second kappa shape index (κ2) is 9.23. The molecule has 1 saturated heterocycles. The lowest BCUT2D eigenvalue weighted by atomic mass is 9.91. The summed E-state index contributed by atoms with van der Waals surface area (Å²) in [6.07, 6.45) is 7.63. The lowest BCUT2D eigenvalue weighted by Gasteiger charge is -2.27. The van der Waals surface area contributed by atoms with E-state index in [1.807, 2.05) is 12.1 Å². The number of likely N-dealkylation sites (tertiary alicyclic amines) is 1. The maximum atomic E-state index is 11.5. The van der Waals surface area contributed by atoms with Crippen molar-refractivity contribution in [2.45, 2.75) is 70.8 Å². The standard InChI is InChI=1S/C21H34N2O2/c1-4-17(11-9-15-23-13-6-5-7-14-23)18-10-8-12-19(16-18)25-21(2,3)20(22)24/h8,10,12,16-17H,4-7,9,11,13-15H2,1-3H3,(H2,22,24). The van der Waals surface area contributed by atoms with E-state index in [9.17, 15) is 4.79 Å². The Morgan fingerprint density at radius 2 is 2.00 bits per heavy atom. The van der Waals surface area contributed by atoms with Crippen molar-refractivity contribution in [2.75, 3.05) is 19.6 Å². The van der Waals surface area contributed by atoms with Gasteiger partial charge >= 0.3 is 0 Å². The molecule has 140 valence electrons. The molecule has 4 heteroatoms. The number of rotatable bonds is 9. The van der Waals surface area contributed by atoms with E-state index in [1.54, 1.807) is 13.8 Å². The number of ether oxygens (including phenoxy) is 1. The zero-order chi connectivity index (χ0) is 18.3. The van der Waals surface area contributed by atoms with Crippen molar-refractivity contribution in [3.63, 3.8) is 0 Å². The highest BCUT2D eigenvalue weighted by atomic mass is 16.5. The molecule has 1 amide bonds. The van der Waals surface area contributed by atoms with Crippen LogP contribution in [0.25, 0.3) is 0 Å². The van der Waals surface area contributed by atoms with E-state index in [0.29, 0.717) is 5.92 Å². The Kier molecular flexibility index (Phi) is 7.30. The van der Waals surface area contributed by atoms with E-state index in [2.05, 4.69) is 24.0 Å². The van der Waals surface area contributed by atoms with Gasteiger partial charge in [0.05, 0.1) is 0 Å². The SMILES string of the molecule is CCC(CCCN1CCCCC1)c1cccc(OC(C)(C)C(N)=O)c1. The molecule has 2 N–H and O–H groups in total. The van der Waals surface area contributed by atoms with Crippen LogP contribution in [-0.2, 0) is 4.79 Å². The Labute approximate surface area is 152 Å². The predicted molar refractivity (Wildman–Crippen MR) is 103 cm³/mol. The van der Waals surface area contributed by atoms with Crippen LogP contribution >= 0.6 is 0 Å². The molecule has 0 saturated carbocycles. The molecule has 1 aromatic carbocycles. The molecule has 1 fully saturated rings. The van der Waals surface area contributed by atoms with Gasteiger partial charge in [0.2, 0.25) is 0 Å². The number of benzene rings is 1. The zero-order valence-electron chi connectivity index (χ0n) is 16.1. The highest BCUT2D eigenvalue weighted by Crippen LogP contribution is 2.29. The number of piperidine rings is 1. The van der Waals surface area contributed by atoms with Crippen molar-refractivity contribution in [3.05, 3.63) is 29.8 Å². The first-order valence-electron chi connectivity index (χ1n) is 9.73. The van der Waals surface area contributed by atoms with Crippen molar-refractivity contribution in [1.82, 2.24) is 4.90 Å². The Morgan fingerprint density at radius 3 is 2.64 bits per heavy atom. The Hall–Kier alpha value is -1.55. The number of amides is 1. The normalized spacial score (nSPS) is 17.2. The first-order chi connectivity index (χ1) is 11.9. The van der Waals surface area contributed by atoms with Gasteiger partial charge in [-0.1, -0.05) is 25.5 Å². The van der Waals surface area contributed by atoms with Crippen molar-refractivity contribution in [2.24, 2.45) is 5.73 Å². The van der Waals surface area contributed by atoms with Gasteiger partial charge in [-0.15, -0.1) is 0 Å². The lowest BCUT2D eigenvalue weighted by molar-refractivity contribution is -0.130. The number of nitrogens with zero attached hydrogens (tertiary/aromatic N) is 1. The molecule has 0 aliphatic carbocycles. The summed E-state index contributed by atoms with van der Waals surface area (Å²) in [5, 5.41) is 0. The zero-order valence-corrected chi connectivity index (χ0v) is 16.1. The predicted octanol–water partition coefficient (Wildman–Crippen LogP) is 4.09. The van der Waals surface area contributed by atoms with Crippen molar-refractivity contribution >= 4 is 5.91 Å². The first-order valence-corrected chi connectivity index (χ1v) is 9.73. The molecule has 1 aliphatic rings. The number of hydrogen-bond acceptors (Lipinski definition) is 3. The highest BCUT2D eigenvalue weighted by molar-refractivity contribution is 5.82. The number of primary amides is 1. The molecule has 1 atom stereocenters. The maximum Gasteiger partial charge on any atom is 0.261 e. The Morgan fingerprint density at radius 1 is 1.28 bits per heavy atom. The molecule has 2 rings (SSSR count). The molecule has 25 heavy (non-hydrogen) atoms. The Bertz CT molecular complexity index is 551. The van der Waals surface area contributed by atoms with Gasteiger partial charge in [-0.3, -0.25) is 4.79 Å². The summed E-state index contributed by atoms with van der Waals surface area (Å²) in [5.74, 6) is 0.798. The molecule has 0 radical (unpaired) electrons. The number of carbonyl (C=O) groups is 1. The minimum absolute atomic E-state index is 0.452. The third-order valence-electron chi connectivity index (χ3n) is 5.26. The Balaban J connectivity index is 1.93. The van der Waals surface area contributed by atoms with E-state index in [4.69, 9.17) is 10.5 Å². The monoisotopic (exact) mass is 346 g/mol. The van der Waals surface area contributed by atoms with E-state index in [0.717, 1.165) is 12.2 Å². The van der Waals surface area contributed by atoms with Crippen LogP contribution in [0.5, 0.6) is 5.75 Å². The molecule has 1 aliphatic heterocycles. The summed E-state index contributed by atoms with van der Waals surface area (Å²) < 4.78 is 5.82.